The average Bonchev–Trinajstić information content (AvgIpc) is 2.89. The van der Waals surface area contributed by atoms with Gasteiger partial charge in [-0.3, -0.25) is 0 Å². The molecule has 4 nitrogen and oxygen atoms in total. The molecule has 0 unspecified atom stereocenters. The minimum absolute atomic E-state index is 0.258. The summed E-state index contributed by atoms with van der Waals surface area (Å²) in [5, 5.41) is 10.2. The Morgan fingerprint density at radius 3 is 2.81 bits per heavy atom. The monoisotopic (exact) mass is 299 g/mol. The lowest BCUT2D eigenvalue weighted by atomic mass is 10.0. The average molecular weight is 299 g/mol. The highest BCUT2D eigenvalue weighted by molar-refractivity contribution is 7.18. The number of carboxylic acids is 1. The second kappa shape index (κ2) is 5.54. The first-order chi connectivity index (χ1) is 10.2. The van der Waals surface area contributed by atoms with E-state index in [1.807, 2.05) is 24.3 Å². The lowest BCUT2D eigenvalue weighted by Crippen LogP contribution is -2.03. The van der Waals surface area contributed by atoms with Gasteiger partial charge in [-0.05, 0) is 29.8 Å². The molecule has 5 heteroatoms. The van der Waals surface area contributed by atoms with Crippen LogP contribution in [0.15, 0.2) is 42.5 Å². The molecule has 0 saturated heterocycles. The number of nitrogens with zero attached hydrogens (tertiary/aromatic N) is 1. The van der Waals surface area contributed by atoms with Crippen molar-refractivity contribution in [3.8, 4) is 5.75 Å². The lowest BCUT2D eigenvalue weighted by Gasteiger charge is -2.06. The summed E-state index contributed by atoms with van der Waals surface area (Å²) in [5.74, 6) is -0.412. The number of aromatic nitrogens is 1. The summed E-state index contributed by atoms with van der Waals surface area (Å²) in [7, 11) is 1.52. The molecule has 0 aliphatic heterocycles. The fourth-order valence-corrected chi connectivity index (χ4v) is 3.18. The normalized spacial score (nSPS) is 10.7. The molecule has 0 bridgehead atoms. The number of fused-ring (bicyclic) bond motifs is 1. The topological polar surface area (TPSA) is 59.4 Å². The molecule has 0 amide bonds. The molecule has 3 rings (SSSR count). The minimum Gasteiger partial charge on any atom is -0.497 e. The molecule has 3 aromatic rings. The Morgan fingerprint density at radius 1 is 1.29 bits per heavy atom. The number of hydrogen-bond acceptors (Lipinski definition) is 4. The van der Waals surface area contributed by atoms with E-state index in [0.29, 0.717) is 12.2 Å². The van der Waals surface area contributed by atoms with E-state index in [1.165, 1.54) is 7.11 Å². The van der Waals surface area contributed by atoms with Crippen LogP contribution in [0.5, 0.6) is 5.75 Å². The van der Waals surface area contributed by atoms with Crippen LogP contribution < -0.4 is 4.74 Å². The largest absolute Gasteiger partial charge is 0.497 e. The van der Waals surface area contributed by atoms with Gasteiger partial charge in [-0.2, -0.15) is 0 Å². The SMILES string of the molecule is COc1ccc(Cc2nc3ccccc3s2)c(C(=O)O)c1. The van der Waals surface area contributed by atoms with E-state index >= 15 is 0 Å². The fraction of sp³-hybridized carbons (Fsp3) is 0.125. The van der Waals surface area contributed by atoms with Gasteiger partial charge in [0.15, 0.2) is 0 Å². The van der Waals surface area contributed by atoms with E-state index in [-0.39, 0.29) is 5.56 Å². The quantitative estimate of drug-likeness (QED) is 0.799. The van der Waals surface area contributed by atoms with Gasteiger partial charge < -0.3 is 9.84 Å². The molecule has 0 saturated carbocycles. The van der Waals surface area contributed by atoms with Gasteiger partial charge >= 0.3 is 5.97 Å². The Kier molecular flexibility index (Phi) is 3.58. The van der Waals surface area contributed by atoms with Crippen molar-refractivity contribution in [1.82, 2.24) is 4.98 Å². The van der Waals surface area contributed by atoms with E-state index in [1.54, 1.807) is 29.5 Å². The number of carboxylic acid groups (broad SMARTS) is 1. The van der Waals surface area contributed by atoms with Gasteiger partial charge in [0.05, 0.1) is 27.9 Å². The summed E-state index contributed by atoms with van der Waals surface area (Å²) < 4.78 is 6.19. The van der Waals surface area contributed by atoms with Crippen molar-refractivity contribution in [3.63, 3.8) is 0 Å². The molecule has 0 spiro atoms. The third-order valence-electron chi connectivity index (χ3n) is 3.23. The van der Waals surface area contributed by atoms with Gasteiger partial charge in [0.1, 0.15) is 5.75 Å². The zero-order valence-electron chi connectivity index (χ0n) is 11.4. The number of hydrogen-bond donors (Lipinski definition) is 1. The van der Waals surface area contributed by atoms with Crippen LogP contribution in [0.1, 0.15) is 20.9 Å². The van der Waals surface area contributed by atoms with E-state index in [4.69, 9.17) is 4.74 Å². The number of carbonyl (C=O) groups is 1. The van der Waals surface area contributed by atoms with Crippen LogP contribution in [0.4, 0.5) is 0 Å². The molecule has 1 N–H and O–H groups in total. The lowest BCUT2D eigenvalue weighted by molar-refractivity contribution is 0.0695. The molecule has 0 radical (unpaired) electrons. The van der Waals surface area contributed by atoms with Crippen molar-refractivity contribution in [1.29, 1.82) is 0 Å². The fourth-order valence-electron chi connectivity index (χ4n) is 2.19. The van der Waals surface area contributed by atoms with Gasteiger partial charge in [0.2, 0.25) is 0 Å². The molecular formula is C16H13NO3S. The molecule has 0 fully saturated rings. The Labute approximate surface area is 125 Å². The molecule has 106 valence electrons. The van der Waals surface area contributed by atoms with Gasteiger partial charge in [-0.15, -0.1) is 11.3 Å². The number of aromatic carboxylic acids is 1. The van der Waals surface area contributed by atoms with Crippen molar-refractivity contribution < 1.29 is 14.6 Å². The predicted octanol–water partition coefficient (Wildman–Crippen LogP) is 3.59. The van der Waals surface area contributed by atoms with Crippen LogP contribution in [0, 0.1) is 0 Å². The first-order valence-electron chi connectivity index (χ1n) is 6.42. The number of rotatable bonds is 4. The number of ether oxygens (including phenoxy) is 1. The van der Waals surface area contributed by atoms with Gasteiger partial charge in [-0.1, -0.05) is 18.2 Å². The second-order valence-corrected chi connectivity index (χ2v) is 5.70. The molecule has 0 atom stereocenters. The van der Waals surface area contributed by atoms with Gasteiger partial charge in [0.25, 0.3) is 0 Å². The summed E-state index contributed by atoms with van der Waals surface area (Å²) in [6.45, 7) is 0. The smallest absolute Gasteiger partial charge is 0.336 e. The van der Waals surface area contributed by atoms with Crippen LogP contribution in [-0.2, 0) is 6.42 Å². The Hall–Kier alpha value is -2.40. The van der Waals surface area contributed by atoms with Crippen LogP contribution in [0.3, 0.4) is 0 Å². The highest BCUT2D eigenvalue weighted by Crippen LogP contribution is 2.26. The summed E-state index contributed by atoms with van der Waals surface area (Å²) >= 11 is 1.59. The molecule has 1 heterocycles. The maximum absolute atomic E-state index is 11.4. The van der Waals surface area contributed by atoms with Gasteiger partial charge in [0, 0.05) is 6.42 Å². The first kappa shape index (κ1) is 13.6. The summed E-state index contributed by atoms with van der Waals surface area (Å²) in [6.07, 6.45) is 0.505. The number of para-hydroxylation sites is 1. The van der Waals surface area contributed by atoms with Crippen molar-refractivity contribution in [3.05, 3.63) is 58.6 Å². The van der Waals surface area contributed by atoms with Crippen LogP contribution in [0.2, 0.25) is 0 Å². The third kappa shape index (κ3) is 2.73. The molecule has 1 aromatic heterocycles. The maximum Gasteiger partial charge on any atom is 0.336 e. The Balaban J connectivity index is 1.98. The highest BCUT2D eigenvalue weighted by Gasteiger charge is 2.13. The summed E-state index contributed by atoms with van der Waals surface area (Å²) in [5.41, 5.74) is 1.94. The van der Waals surface area contributed by atoms with Crippen LogP contribution >= 0.6 is 11.3 Å². The molecule has 0 aliphatic rings. The van der Waals surface area contributed by atoms with Crippen LogP contribution in [0.25, 0.3) is 10.2 Å². The second-order valence-electron chi connectivity index (χ2n) is 4.58. The van der Waals surface area contributed by atoms with Crippen LogP contribution in [-0.4, -0.2) is 23.2 Å². The molecule has 0 aliphatic carbocycles. The number of methoxy groups -OCH3 is 1. The van der Waals surface area contributed by atoms with E-state index < -0.39 is 5.97 Å². The number of benzene rings is 2. The Morgan fingerprint density at radius 2 is 2.10 bits per heavy atom. The van der Waals surface area contributed by atoms with Gasteiger partial charge in [-0.25, -0.2) is 9.78 Å². The minimum atomic E-state index is -0.954. The molecular weight excluding hydrogens is 286 g/mol. The summed E-state index contributed by atoms with van der Waals surface area (Å²) in [4.78, 5) is 15.9. The predicted molar refractivity (Wildman–Crippen MR) is 82.4 cm³/mol. The maximum atomic E-state index is 11.4. The van der Waals surface area contributed by atoms with Crippen molar-refractivity contribution in [2.45, 2.75) is 6.42 Å². The standard InChI is InChI=1S/C16H13NO3S/c1-20-11-7-6-10(12(9-11)16(18)19)8-15-17-13-4-2-3-5-14(13)21-15/h2-7,9H,8H2,1H3,(H,18,19). The summed E-state index contributed by atoms with van der Waals surface area (Å²) in [6, 6.07) is 13.0. The van der Waals surface area contributed by atoms with E-state index in [2.05, 4.69) is 4.98 Å². The van der Waals surface area contributed by atoms with Crippen molar-refractivity contribution in [2.75, 3.05) is 7.11 Å². The zero-order valence-corrected chi connectivity index (χ0v) is 12.2. The van der Waals surface area contributed by atoms with E-state index in [0.717, 1.165) is 20.8 Å². The number of thiazole rings is 1. The first-order valence-corrected chi connectivity index (χ1v) is 7.23. The third-order valence-corrected chi connectivity index (χ3v) is 4.26. The Bertz CT molecular complexity index is 777. The molecule has 2 aromatic carbocycles. The van der Waals surface area contributed by atoms with Crippen molar-refractivity contribution in [2.24, 2.45) is 0 Å². The zero-order chi connectivity index (χ0) is 14.8. The van der Waals surface area contributed by atoms with Crippen molar-refractivity contribution >= 4 is 27.5 Å². The van der Waals surface area contributed by atoms with E-state index in [9.17, 15) is 9.90 Å². The molecule has 21 heavy (non-hydrogen) atoms. The highest BCUT2D eigenvalue weighted by atomic mass is 32.1.